The molecule has 27 heavy (non-hydrogen) atoms. The van der Waals surface area contributed by atoms with E-state index >= 15 is 0 Å². The summed E-state index contributed by atoms with van der Waals surface area (Å²) in [5, 5.41) is 7.46. The van der Waals surface area contributed by atoms with E-state index in [-0.39, 0.29) is 18.6 Å². The Morgan fingerprint density at radius 3 is 2.78 bits per heavy atom. The first-order valence-corrected chi connectivity index (χ1v) is 9.51. The minimum Gasteiger partial charge on any atom is -0.456 e. The molecule has 0 N–H and O–H groups in total. The molecule has 0 unspecified atom stereocenters. The Labute approximate surface area is 160 Å². The lowest BCUT2D eigenvalue weighted by molar-refractivity contribution is -0.116. The lowest BCUT2D eigenvalue weighted by Gasteiger charge is -2.14. The van der Waals surface area contributed by atoms with Gasteiger partial charge in [-0.25, -0.2) is 19.4 Å². The fourth-order valence-corrected chi connectivity index (χ4v) is 3.55. The average Bonchev–Trinajstić information content (AvgIpc) is 3.26. The van der Waals surface area contributed by atoms with Crippen LogP contribution >= 0.6 is 11.3 Å². The number of rotatable bonds is 6. The number of carbonyl (C=O) groups is 2. The summed E-state index contributed by atoms with van der Waals surface area (Å²) in [7, 11) is 0. The second-order valence-electron chi connectivity index (χ2n) is 6.28. The number of esters is 1. The molecule has 3 aromatic heterocycles. The molecule has 0 spiro atoms. The summed E-state index contributed by atoms with van der Waals surface area (Å²) in [5.74, 6) is -0.549. The lowest BCUT2D eigenvalue weighted by Crippen LogP contribution is -2.27. The summed E-state index contributed by atoms with van der Waals surface area (Å²) in [6.07, 6.45) is 3.18. The Hall–Kier alpha value is -2.81. The van der Waals surface area contributed by atoms with Gasteiger partial charge in [0.15, 0.2) is 10.8 Å². The van der Waals surface area contributed by atoms with E-state index in [1.807, 2.05) is 20.8 Å². The van der Waals surface area contributed by atoms with Crippen LogP contribution in [-0.2, 0) is 16.1 Å². The summed E-state index contributed by atoms with van der Waals surface area (Å²) in [6.45, 7) is 7.99. The van der Waals surface area contributed by atoms with E-state index in [0.29, 0.717) is 22.9 Å². The summed E-state index contributed by atoms with van der Waals surface area (Å²) in [4.78, 5) is 34.2. The van der Waals surface area contributed by atoms with Crippen LogP contribution in [-0.4, -0.2) is 38.2 Å². The van der Waals surface area contributed by atoms with Gasteiger partial charge in [-0.05, 0) is 26.8 Å². The molecule has 142 valence electrons. The molecular formula is C18H21N5O3S. The van der Waals surface area contributed by atoms with Crippen LogP contribution in [0.1, 0.15) is 49.8 Å². The van der Waals surface area contributed by atoms with E-state index in [0.717, 1.165) is 11.0 Å². The van der Waals surface area contributed by atoms with Crippen LogP contribution in [0.5, 0.6) is 0 Å². The van der Waals surface area contributed by atoms with Crippen molar-refractivity contribution in [2.24, 2.45) is 0 Å². The third-order valence-electron chi connectivity index (χ3n) is 3.98. The Morgan fingerprint density at radius 2 is 2.11 bits per heavy atom. The van der Waals surface area contributed by atoms with Gasteiger partial charge in [-0.1, -0.05) is 0 Å². The van der Waals surface area contributed by atoms with Crippen LogP contribution in [0.25, 0.3) is 11.0 Å². The predicted molar refractivity (Wildman–Crippen MR) is 103 cm³/mol. The van der Waals surface area contributed by atoms with E-state index in [4.69, 9.17) is 4.74 Å². The largest absolute Gasteiger partial charge is 0.456 e. The number of hydrogen-bond donors (Lipinski definition) is 0. The molecule has 0 bridgehead atoms. The predicted octanol–water partition coefficient (Wildman–Crippen LogP) is 3.20. The Balaban J connectivity index is 1.68. The van der Waals surface area contributed by atoms with Crippen molar-refractivity contribution in [3.8, 4) is 0 Å². The first kappa shape index (κ1) is 19.0. The van der Waals surface area contributed by atoms with Crippen molar-refractivity contribution in [3.63, 3.8) is 0 Å². The van der Waals surface area contributed by atoms with Crippen LogP contribution in [0.3, 0.4) is 0 Å². The van der Waals surface area contributed by atoms with E-state index in [1.165, 1.54) is 24.5 Å². The second-order valence-corrected chi connectivity index (χ2v) is 7.12. The number of pyridine rings is 1. The third-order valence-corrected chi connectivity index (χ3v) is 4.89. The van der Waals surface area contributed by atoms with Crippen LogP contribution < -0.4 is 4.90 Å². The molecule has 0 aliphatic rings. The number of aromatic nitrogens is 4. The summed E-state index contributed by atoms with van der Waals surface area (Å²) in [5.41, 5.74) is 1.69. The molecule has 1 amide bonds. The van der Waals surface area contributed by atoms with Gasteiger partial charge in [0.1, 0.15) is 6.61 Å². The van der Waals surface area contributed by atoms with Gasteiger partial charge in [0, 0.05) is 36.5 Å². The van der Waals surface area contributed by atoms with Crippen molar-refractivity contribution in [2.45, 2.75) is 40.3 Å². The van der Waals surface area contributed by atoms with Gasteiger partial charge in [0.2, 0.25) is 5.91 Å². The van der Waals surface area contributed by atoms with E-state index in [9.17, 15) is 9.59 Å². The first-order valence-electron chi connectivity index (χ1n) is 8.63. The number of fused-ring (bicyclic) bond motifs is 1. The number of nitrogens with zero attached hydrogens (tertiary/aromatic N) is 5. The molecule has 8 nitrogen and oxygen atoms in total. The Morgan fingerprint density at radius 1 is 1.33 bits per heavy atom. The van der Waals surface area contributed by atoms with Crippen LogP contribution in [0, 0.1) is 0 Å². The summed E-state index contributed by atoms with van der Waals surface area (Å²) in [6, 6.07) is 1.90. The number of hydrogen-bond acceptors (Lipinski definition) is 7. The van der Waals surface area contributed by atoms with E-state index < -0.39 is 5.97 Å². The first-order chi connectivity index (χ1) is 12.9. The maximum atomic E-state index is 12.3. The van der Waals surface area contributed by atoms with Crippen LogP contribution in [0.15, 0.2) is 23.8 Å². The van der Waals surface area contributed by atoms with E-state index in [1.54, 1.807) is 27.2 Å². The number of anilines is 1. The highest BCUT2D eigenvalue weighted by atomic mass is 32.1. The van der Waals surface area contributed by atoms with Gasteiger partial charge in [0.05, 0.1) is 17.5 Å². The number of carbonyl (C=O) groups excluding carboxylic acids is 2. The Bertz CT molecular complexity index is 978. The molecule has 0 radical (unpaired) electrons. The smallest absolute Gasteiger partial charge is 0.340 e. The zero-order valence-corrected chi connectivity index (χ0v) is 16.5. The number of thiazole rings is 1. The molecular weight excluding hydrogens is 366 g/mol. The molecule has 0 saturated heterocycles. The molecule has 9 heteroatoms. The molecule has 3 rings (SSSR count). The van der Waals surface area contributed by atoms with Gasteiger partial charge in [-0.2, -0.15) is 5.10 Å². The molecule has 3 heterocycles. The van der Waals surface area contributed by atoms with Crippen molar-refractivity contribution in [2.75, 3.05) is 11.4 Å². The summed E-state index contributed by atoms with van der Waals surface area (Å²) >= 11 is 1.34. The monoisotopic (exact) mass is 387 g/mol. The molecule has 0 aromatic carbocycles. The van der Waals surface area contributed by atoms with Gasteiger partial charge in [-0.15, -0.1) is 11.3 Å². The zero-order valence-electron chi connectivity index (χ0n) is 15.7. The lowest BCUT2D eigenvalue weighted by atomic mass is 10.2. The van der Waals surface area contributed by atoms with Gasteiger partial charge in [-0.3, -0.25) is 9.69 Å². The highest BCUT2D eigenvalue weighted by Crippen LogP contribution is 2.22. The maximum Gasteiger partial charge on any atom is 0.340 e. The van der Waals surface area contributed by atoms with Crippen molar-refractivity contribution in [3.05, 3.63) is 35.1 Å². The number of amides is 1. The quantitative estimate of drug-likeness (QED) is 0.603. The highest BCUT2D eigenvalue weighted by molar-refractivity contribution is 7.14. The topological polar surface area (TPSA) is 90.2 Å². The third kappa shape index (κ3) is 3.97. The van der Waals surface area contributed by atoms with E-state index in [2.05, 4.69) is 15.1 Å². The maximum absolute atomic E-state index is 12.3. The van der Waals surface area contributed by atoms with Gasteiger partial charge >= 0.3 is 5.97 Å². The normalized spacial score (nSPS) is 11.1. The van der Waals surface area contributed by atoms with Crippen LogP contribution in [0.4, 0.5) is 5.13 Å². The fourth-order valence-electron chi connectivity index (χ4n) is 2.63. The van der Waals surface area contributed by atoms with Crippen molar-refractivity contribution < 1.29 is 14.3 Å². The van der Waals surface area contributed by atoms with Gasteiger partial charge < -0.3 is 4.74 Å². The second kappa shape index (κ2) is 7.83. The SMILES string of the molecule is CCN(C(C)=O)c1nc(COC(=O)c2cnc3c(cnn3C(C)C)c2)cs1. The average molecular weight is 387 g/mol. The molecule has 0 fully saturated rings. The molecule has 0 aliphatic heterocycles. The molecule has 3 aromatic rings. The zero-order chi connectivity index (χ0) is 19.6. The molecule has 0 saturated carbocycles. The van der Waals surface area contributed by atoms with Crippen molar-refractivity contribution >= 4 is 39.4 Å². The minimum absolute atomic E-state index is 0.0358. The molecule has 0 atom stereocenters. The van der Waals surface area contributed by atoms with Crippen LogP contribution in [0.2, 0.25) is 0 Å². The van der Waals surface area contributed by atoms with Gasteiger partial charge in [0.25, 0.3) is 0 Å². The standard InChI is InChI=1S/C18H21N5O3S/c1-5-22(12(4)24)18-21-15(10-27-18)9-26-17(25)14-6-13-8-20-23(11(2)3)16(13)19-7-14/h6-8,10-11H,5,9H2,1-4H3. The van der Waals surface area contributed by atoms with Crippen molar-refractivity contribution in [1.29, 1.82) is 0 Å². The fraction of sp³-hybridized carbons (Fsp3) is 0.389. The van der Waals surface area contributed by atoms with Crippen molar-refractivity contribution in [1.82, 2.24) is 19.7 Å². The summed E-state index contributed by atoms with van der Waals surface area (Å²) < 4.78 is 7.14. The Kier molecular flexibility index (Phi) is 5.50. The minimum atomic E-state index is -0.477. The number of ether oxygens (including phenoxy) is 1. The highest BCUT2D eigenvalue weighted by Gasteiger charge is 2.16. The molecule has 0 aliphatic carbocycles.